The molecule has 2 heteroatoms. The predicted molar refractivity (Wildman–Crippen MR) is 26.4 cm³/mol. The summed E-state index contributed by atoms with van der Waals surface area (Å²) in [6.07, 6.45) is -0.308. The van der Waals surface area contributed by atoms with Crippen LogP contribution in [-0.2, 0) is 4.74 Å². The first kappa shape index (κ1) is 6.45. The van der Waals surface area contributed by atoms with Gasteiger partial charge in [-0.1, -0.05) is 0 Å². The molecule has 0 fully saturated rings. The van der Waals surface area contributed by atoms with E-state index in [-0.39, 0.29) is 6.10 Å². The molecule has 0 N–H and O–H groups in total. The fourth-order valence-corrected chi connectivity index (χ4v) is 0.214. The molecule has 0 spiro atoms. The number of ether oxygens (including phenoxy) is 1. The summed E-state index contributed by atoms with van der Waals surface area (Å²) < 4.78 is 4.72. The van der Waals surface area contributed by atoms with Crippen LogP contribution in [0.15, 0.2) is 0 Å². The first-order chi connectivity index (χ1) is 3.31. The summed E-state index contributed by atoms with van der Waals surface area (Å²) in [5.74, 6) is 0. The van der Waals surface area contributed by atoms with Crippen molar-refractivity contribution in [3.05, 3.63) is 6.92 Å². The number of nitriles is 1. The van der Waals surface area contributed by atoms with E-state index in [1.54, 1.807) is 6.92 Å². The van der Waals surface area contributed by atoms with Crippen LogP contribution in [0.5, 0.6) is 0 Å². The smallest absolute Gasteiger partial charge is 0.141 e. The van der Waals surface area contributed by atoms with Gasteiger partial charge in [0.1, 0.15) is 6.10 Å². The van der Waals surface area contributed by atoms with Crippen LogP contribution in [0.2, 0.25) is 0 Å². The second-order valence-electron chi connectivity index (χ2n) is 1.14. The van der Waals surface area contributed by atoms with Gasteiger partial charge in [-0.15, -0.1) is 0 Å². The highest BCUT2D eigenvalue weighted by Gasteiger charge is 1.91. The lowest BCUT2D eigenvalue weighted by Gasteiger charge is -1.97. The standard InChI is InChI=1S/C5H8NO/c1-3-7-5(2)4-6/h5H,1,3H2,2H3. The van der Waals surface area contributed by atoms with Crippen LogP contribution in [0.25, 0.3) is 0 Å². The SMILES string of the molecule is [CH2]COC(C)C#N. The Morgan fingerprint density at radius 3 is 2.71 bits per heavy atom. The zero-order valence-electron chi connectivity index (χ0n) is 4.35. The second kappa shape index (κ2) is 3.63. The van der Waals surface area contributed by atoms with E-state index in [0.717, 1.165) is 0 Å². The van der Waals surface area contributed by atoms with Crippen molar-refractivity contribution in [2.24, 2.45) is 0 Å². The van der Waals surface area contributed by atoms with E-state index in [9.17, 15) is 0 Å². The number of hydrogen-bond donors (Lipinski definition) is 0. The predicted octanol–water partition coefficient (Wildman–Crippen LogP) is 0.749. The lowest BCUT2D eigenvalue weighted by Crippen LogP contribution is -2.02. The van der Waals surface area contributed by atoms with Gasteiger partial charge in [-0.05, 0) is 13.8 Å². The molecule has 0 aromatic rings. The Morgan fingerprint density at radius 1 is 2.00 bits per heavy atom. The molecule has 39 valence electrons. The lowest BCUT2D eigenvalue weighted by atomic mass is 10.5. The Labute approximate surface area is 43.7 Å². The normalized spacial score (nSPS) is 12.7. The van der Waals surface area contributed by atoms with Gasteiger partial charge < -0.3 is 4.74 Å². The molecule has 0 aliphatic rings. The number of nitrogens with zero attached hydrogens (tertiary/aromatic N) is 1. The maximum Gasteiger partial charge on any atom is 0.141 e. The third-order valence-corrected chi connectivity index (χ3v) is 0.550. The van der Waals surface area contributed by atoms with Crippen molar-refractivity contribution in [2.45, 2.75) is 13.0 Å². The van der Waals surface area contributed by atoms with Crippen molar-refractivity contribution < 1.29 is 4.74 Å². The summed E-state index contributed by atoms with van der Waals surface area (Å²) in [7, 11) is 0. The molecule has 0 amide bonds. The van der Waals surface area contributed by atoms with Gasteiger partial charge in [0.05, 0.1) is 6.07 Å². The molecule has 0 rings (SSSR count). The van der Waals surface area contributed by atoms with Gasteiger partial charge in [0, 0.05) is 6.61 Å². The summed E-state index contributed by atoms with van der Waals surface area (Å²) in [6, 6.07) is 1.90. The van der Waals surface area contributed by atoms with Gasteiger partial charge >= 0.3 is 0 Å². The van der Waals surface area contributed by atoms with Crippen molar-refractivity contribution in [1.82, 2.24) is 0 Å². The van der Waals surface area contributed by atoms with E-state index in [1.165, 1.54) is 0 Å². The van der Waals surface area contributed by atoms with Gasteiger partial charge in [-0.3, -0.25) is 0 Å². The van der Waals surface area contributed by atoms with Crippen molar-refractivity contribution in [2.75, 3.05) is 6.61 Å². The van der Waals surface area contributed by atoms with Crippen LogP contribution in [0.1, 0.15) is 6.92 Å². The van der Waals surface area contributed by atoms with E-state index < -0.39 is 0 Å². The van der Waals surface area contributed by atoms with Gasteiger partial charge in [-0.25, -0.2) is 0 Å². The second-order valence-corrected chi connectivity index (χ2v) is 1.14. The average molecular weight is 98.1 g/mol. The zero-order valence-corrected chi connectivity index (χ0v) is 4.35. The molecule has 0 heterocycles. The molecule has 1 radical (unpaired) electrons. The van der Waals surface area contributed by atoms with Gasteiger partial charge in [-0.2, -0.15) is 5.26 Å². The molecule has 0 bridgehead atoms. The quantitative estimate of drug-likeness (QED) is 0.510. The molecular formula is C5H8NO. The molecule has 0 aromatic carbocycles. The molecule has 1 atom stereocenters. The minimum absolute atomic E-state index is 0.308. The Kier molecular flexibility index (Phi) is 3.35. The summed E-state index contributed by atoms with van der Waals surface area (Å²) in [6.45, 7) is 5.46. The minimum Gasteiger partial charge on any atom is -0.364 e. The summed E-state index contributed by atoms with van der Waals surface area (Å²) in [4.78, 5) is 0. The highest BCUT2D eigenvalue weighted by atomic mass is 16.5. The largest absolute Gasteiger partial charge is 0.364 e. The van der Waals surface area contributed by atoms with E-state index in [2.05, 4.69) is 6.92 Å². The van der Waals surface area contributed by atoms with Crippen LogP contribution < -0.4 is 0 Å². The van der Waals surface area contributed by atoms with E-state index in [1.807, 2.05) is 6.07 Å². The van der Waals surface area contributed by atoms with Crippen LogP contribution in [0, 0.1) is 18.3 Å². The first-order valence-corrected chi connectivity index (χ1v) is 2.11. The number of hydrogen-bond acceptors (Lipinski definition) is 2. The highest BCUT2D eigenvalue weighted by molar-refractivity contribution is 4.78. The van der Waals surface area contributed by atoms with Gasteiger partial charge in [0.25, 0.3) is 0 Å². The maximum atomic E-state index is 8.06. The Morgan fingerprint density at radius 2 is 2.57 bits per heavy atom. The summed E-state index contributed by atoms with van der Waals surface area (Å²) >= 11 is 0. The van der Waals surface area contributed by atoms with Gasteiger partial charge in [0.15, 0.2) is 0 Å². The Bertz CT molecular complexity index is 74.6. The van der Waals surface area contributed by atoms with Crippen LogP contribution in [0.4, 0.5) is 0 Å². The molecule has 2 nitrogen and oxygen atoms in total. The van der Waals surface area contributed by atoms with Crippen LogP contribution in [-0.4, -0.2) is 12.7 Å². The van der Waals surface area contributed by atoms with Crippen LogP contribution >= 0.6 is 0 Å². The molecule has 1 unspecified atom stereocenters. The van der Waals surface area contributed by atoms with E-state index >= 15 is 0 Å². The summed E-state index contributed by atoms with van der Waals surface area (Å²) in [5.41, 5.74) is 0. The average Bonchev–Trinajstić information content (AvgIpc) is 1.68. The molecule has 0 aromatic heterocycles. The van der Waals surface area contributed by atoms with Crippen molar-refractivity contribution >= 4 is 0 Å². The molecule has 0 aliphatic carbocycles. The Hall–Kier alpha value is -0.550. The molecule has 0 saturated heterocycles. The van der Waals surface area contributed by atoms with Crippen molar-refractivity contribution in [3.8, 4) is 6.07 Å². The lowest BCUT2D eigenvalue weighted by molar-refractivity contribution is 0.127. The monoisotopic (exact) mass is 98.1 g/mol. The van der Waals surface area contributed by atoms with Crippen molar-refractivity contribution in [1.29, 1.82) is 5.26 Å². The van der Waals surface area contributed by atoms with Gasteiger partial charge in [0.2, 0.25) is 0 Å². The van der Waals surface area contributed by atoms with Crippen LogP contribution in [0.3, 0.4) is 0 Å². The fraction of sp³-hybridized carbons (Fsp3) is 0.600. The molecule has 7 heavy (non-hydrogen) atoms. The third kappa shape index (κ3) is 3.28. The zero-order chi connectivity index (χ0) is 5.70. The fourth-order valence-electron chi connectivity index (χ4n) is 0.214. The van der Waals surface area contributed by atoms with Crippen molar-refractivity contribution in [3.63, 3.8) is 0 Å². The molecular weight excluding hydrogens is 90.1 g/mol. The summed E-state index contributed by atoms with van der Waals surface area (Å²) in [5, 5.41) is 8.06. The van der Waals surface area contributed by atoms with E-state index in [0.29, 0.717) is 6.61 Å². The minimum atomic E-state index is -0.308. The van der Waals surface area contributed by atoms with E-state index in [4.69, 9.17) is 10.00 Å². The highest BCUT2D eigenvalue weighted by Crippen LogP contribution is 1.83. The Balaban J connectivity index is 3.04. The number of rotatable bonds is 2. The molecule has 0 saturated carbocycles. The molecule has 0 aliphatic heterocycles. The first-order valence-electron chi connectivity index (χ1n) is 2.11. The topological polar surface area (TPSA) is 33.0 Å². The maximum absolute atomic E-state index is 8.06. The third-order valence-electron chi connectivity index (χ3n) is 0.550.